The van der Waals surface area contributed by atoms with E-state index in [1.807, 2.05) is 12.2 Å². The van der Waals surface area contributed by atoms with Gasteiger partial charge in [0.2, 0.25) is 5.91 Å². The first-order valence-electron chi connectivity index (χ1n) is 7.29. The van der Waals surface area contributed by atoms with E-state index in [1.165, 1.54) is 0 Å². The van der Waals surface area contributed by atoms with Crippen molar-refractivity contribution in [3.05, 3.63) is 12.2 Å². The Kier molecular flexibility index (Phi) is 3.57. The monoisotopic (exact) mass is 293 g/mol. The molecule has 1 unspecified atom stereocenters. The molecule has 0 bridgehead atoms. The molecule has 2 saturated heterocycles. The molecule has 114 valence electrons. The number of fused-ring (bicyclic) bond motifs is 1. The van der Waals surface area contributed by atoms with Gasteiger partial charge in [-0.2, -0.15) is 0 Å². The van der Waals surface area contributed by atoms with Crippen LogP contribution < -0.4 is 5.32 Å². The Morgan fingerprint density at radius 1 is 1.19 bits per heavy atom. The number of aliphatic carboxylic acids is 1. The Labute approximate surface area is 122 Å². The molecule has 2 heterocycles. The Bertz CT molecular complexity index is 504. The molecule has 2 N–H and O–H groups in total. The number of amides is 3. The van der Waals surface area contributed by atoms with Crippen LogP contribution in [0.15, 0.2) is 12.2 Å². The molecule has 2 fully saturated rings. The fraction of sp³-hybridized carbons (Fsp3) is 0.643. The van der Waals surface area contributed by atoms with Gasteiger partial charge >= 0.3 is 12.0 Å². The first-order valence-corrected chi connectivity index (χ1v) is 7.29. The molecule has 3 atom stereocenters. The number of hydrogen-bond acceptors (Lipinski definition) is 3. The lowest BCUT2D eigenvalue weighted by molar-refractivity contribution is -0.151. The minimum absolute atomic E-state index is 0.0117. The number of carboxylic acids is 1. The van der Waals surface area contributed by atoms with Crippen molar-refractivity contribution in [2.75, 3.05) is 26.2 Å². The van der Waals surface area contributed by atoms with E-state index < -0.39 is 17.8 Å². The van der Waals surface area contributed by atoms with E-state index in [0.29, 0.717) is 39.0 Å². The van der Waals surface area contributed by atoms with Crippen LogP contribution >= 0.6 is 0 Å². The average Bonchev–Trinajstić information content (AvgIpc) is 2.87. The number of allylic oxidation sites excluding steroid dienone is 2. The summed E-state index contributed by atoms with van der Waals surface area (Å²) >= 11 is 0. The second-order valence-corrected chi connectivity index (χ2v) is 5.81. The summed E-state index contributed by atoms with van der Waals surface area (Å²) in [5, 5.41) is 12.0. The average molecular weight is 293 g/mol. The normalized spacial score (nSPS) is 31.8. The molecule has 3 aliphatic rings. The fourth-order valence-corrected chi connectivity index (χ4v) is 3.40. The van der Waals surface area contributed by atoms with Gasteiger partial charge in [0.25, 0.3) is 0 Å². The Morgan fingerprint density at radius 3 is 2.62 bits per heavy atom. The number of nitrogens with zero attached hydrogens (tertiary/aromatic N) is 2. The van der Waals surface area contributed by atoms with Crippen LogP contribution in [0.4, 0.5) is 4.79 Å². The smallest absolute Gasteiger partial charge is 0.317 e. The third kappa shape index (κ3) is 2.48. The molecule has 0 aromatic rings. The molecular weight excluding hydrogens is 274 g/mol. The van der Waals surface area contributed by atoms with Crippen molar-refractivity contribution in [3.63, 3.8) is 0 Å². The highest BCUT2D eigenvalue weighted by atomic mass is 16.4. The molecule has 21 heavy (non-hydrogen) atoms. The second-order valence-electron chi connectivity index (χ2n) is 5.81. The van der Waals surface area contributed by atoms with Gasteiger partial charge in [-0.25, -0.2) is 4.79 Å². The molecule has 7 nitrogen and oxygen atoms in total. The Morgan fingerprint density at radius 2 is 1.90 bits per heavy atom. The van der Waals surface area contributed by atoms with Crippen LogP contribution in [0, 0.1) is 11.8 Å². The first-order chi connectivity index (χ1) is 10.1. The van der Waals surface area contributed by atoms with Gasteiger partial charge in [-0.1, -0.05) is 12.2 Å². The van der Waals surface area contributed by atoms with E-state index in [4.69, 9.17) is 0 Å². The number of hydrogen-bond donors (Lipinski definition) is 2. The highest BCUT2D eigenvalue weighted by Gasteiger charge is 2.41. The summed E-state index contributed by atoms with van der Waals surface area (Å²) < 4.78 is 0. The predicted molar refractivity (Wildman–Crippen MR) is 73.5 cm³/mol. The lowest BCUT2D eigenvalue weighted by Gasteiger charge is -2.39. The van der Waals surface area contributed by atoms with E-state index >= 15 is 0 Å². The number of carbonyl (C=O) groups excluding carboxylic acids is 2. The molecule has 0 spiro atoms. The van der Waals surface area contributed by atoms with Crippen molar-refractivity contribution in [2.45, 2.75) is 18.9 Å². The molecule has 2 aliphatic heterocycles. The van der Waals surface area contributed by atoms with Crippen LogP contribution in [0.1, 0.15) is 12.8 Å². The minimum Gasteiger partial charge on any atom is -0.481 e. The van der Waals surface area contributed by atoms with Crippen LogP contribution in [0.25, 0.3) is 0 Å². The molecule has 1 aliphatic carbocycles. The molecule has 0 aromatic carbocycles. The van der Waals surface area contributed by atoms with Gasteiger partial charge in [0.05, 0.1) is 17.9 Å². The lowest BCUT2D eigenvalue weighted by atomic mass is 9.82. The summed E-state index contributed by atoms with van der Waals surface area (Å²) in [4.78, 5) is 39.0. The number of urea groups is 1. The van der Waals surface area contributed by atoms with Gasteiger partial charge in [-0.3, -0.25) is 9.59 Å². The zero-order valence-electron chi connectivity index (χ0n) is 11.7. The minimum atomic E-state index is -0.908. The number of carboxylic acid groups (broad SMARTS) is 1. The van der Waals surface area contributed by atoms with Crippen molar-refractivity contribution < 1.29 is 19.5 Å². The maximum absolute atomic E-state index is 12.6. The highest BCUT2D eigenvalue weighted by Crippen LogP contribution is 2.28. The van der Waals surface area contributed by atoms with E-state index in [9.17, 15) is 19.5 Å². The molecule has 0 aromatic heterocycles. The summed E-state index contributed by atoms with van der Waals surface area (Å²) in [5.74, 6) is -2.12. The summed E-state index contributed by atoms with van der Waals surface area (Å²) in [6.45, 7) is 2.04. The lowest BCUT2D eigenvalue weighted by Crippen LogP contribution is -2.55. The molecule has 7 heteroatoms. The van der Waals surface area contributed by atoms with Crippen molar-refractivity contribution in [1.29, 1.82) is 0 Å². The van der Waals surface area contributed by atoms with Gasteiger partial charge < -0.3 is 20.2 Å². The van der Waals surface area contributed by atoms with E-state index in [0.717, 1.165) is 0 Å². The van der Waals surface area contributed by atoms with Crippen LogP contribution in [-0.2, 0) is 9.59 Å². The Balaban J connectivity index is 1.69. The SMILES string of the molecule is O=C(O)[C@H]1CC=CC[C@H]1C(=O)N1CCN2C(=O)NCC2C1. The maximum Gasteiger partial charge on any atom is 0.317 e. The Hall–Kier alpha value is -2.05. The van der Waals surface area contributed by atoms with Gasteiger partial charge in [-0.15, -0.1) is 0 Å². The summed E-state index contributed by atoms with van der Waals surface area (Å²) in [6.07, 6.45) is 4.62. The van der Waals surface area contributed by atoms with Crippen molar-refractivity contribution >= 4 is 17.9 Å². The summed E-state index contributed by atoms with van der Waals surface area (Å²) in [6, 6.07) is -0.0614. The molecule has 0 saturated carbocycles. The molecule has 3 amide bonds. The standard InChI is InChI=1S/C14H19N3O4/c18-12(10-3-1-2-4-11(10)13(19)20)16-5-6-17-9(8-16)7-15-14(17)21/h1-2,9-11H,3-8H2,(H,15,21)(H,19,20)/t9?,10-,11+/m1/s1. The van der Waals surface area contributed by atoms with E-state index in [2.05, 4.69) is 5.32 Å². The number of rotatable bonds is 2. The van der Waals surface area contributed by atoms with Crippen molar-refractivity contribution in [2.24, 2.45) is 11.8 Å². The summed E-state index contributed by atoms with van der Waals surface area (Å²) in [5.41, 5.74) is 0. The predicted octanol–water partition coefficient (Wildman–Crippen LogP) is -0.111. The quantitative estimate of drug-likeness (QED) is 0.695. The van der Waals surface area contributed by atoms with Crippen LogP contribution in [0.3, 0.4) is 0 Å². The number of nitrogens with one attached hydrogen (secondary N) is 1. The van der Waals surface area contributed by atoms with Gasteiger partial charge in [0.1, 0.15) is 0 Å². The summed E-state index contributed by atoms with van der Waals surface area (Å²) in [7, 11) is 0. The molecule has 3 rings (SSSR count). The zero-order valence-corrected chi connectivity index (χ0v) is 11.7. The van der Waals surface area contributed by atoms with Crippen LogP contribution in [-0.4, -0.2) is 65.0 Å². The first kappa shape index (κ1) is 13.9. The number of carbonyl (C=O) groups is 3. The topological polar surface area (TPSA) is 90.0 Å². The van der Waals surface area contributed by atoms with Crippen LogP contribution in [0.5, 0.6) is 0 Å². The second kappa shape index (κ2) is 5.38. The van der Waals surface area contributed by atoms with E-state index in [-0.39, 0.29) is 18.0 Å². The largest absolute Gasteiger partial charge is 0.481 e. The van der Waals surface area contributed by atoms with E-state index in [1.54, 1.807) is 9.80 Å². The third-order valence-electron chi connectivity index (χ3n) is 4.61. The number of piperazine rings is 1. The molecule has 0 radical (unpaired) electrons. The van der Waals surface area contributed by atoms with Crippen molar-refractivity contribution in [3.8, 4) is 0 Å². The highest BCUT2D eigenvalue weighted by molar-refractivity contribution is 5.86. The van der Waals surface area contributed by atoms with Gasteiger partial charge in [0, 0.05) is 26.2 Å². The van der Waals surface area contributed by atoms with Gasteiger partial charge in [-0.05, 0) is 12.8 Å². The zero-order chi connectivity index (χ0) is 15.0. The van der Waals surface area contributed by atoms with Crippen molar-refractivity contribution in [1.82, 2.24) is 15.1 Å². The third-order valence-corrected chi connectivity index (χ3v) is 4.61. The van der Waals surface area contributed by atoms with Crippen LogP contribution in [0.2, 0.25) is 0 Å². The maximum atomic E-state index is 12.6. The fourth-order valence-electron chi connectivity index (χ4n) is 3.40. The molecular formula is C14H19N3O4. The van der Waals surface area contributed by atoms with Gasteiger partial charge in [0.15, 0.2) is 0 Å².